The summed E-state index contributed by atoms with van der Waals surface area (Å²) in [6.07, 6.45) is 4.14. The van der Waals surface area contributed by atoms with E-state index in [9.17, 15) is 9.90 Å². The summed E-state index contributed by atoms with van der Waals surface area (Å²) < 4.78 is 0. The van der Waals surface area contributed by atoms with Crippen molar-refractivity contribution in [1.82, 2.24) is 14.7 Å². The van der Waals surface area contributed by atoms with Gasteiger partial charge in [-0.05, 0) is 62.8 Å². The number of benzene rings is 2. The lowest BCUT2D eigenvalue weighted by Crippen LogP contribution is -2.54. The van der Waals surface area contributed by atoms with Crippen molar-refractivity contribution in [2.24, 2.45) is 0 Å². The normalized spacial score (nSPS) is 21.7. The molecule has 5 rings (SSSR count). The van der Waals surface area contributed by atoms with Crippen LogP contribution in [0.4, 0.5) is 4.79 Å². The van der Waals surface area contributed by atoms with Gasteiger partial charge in [0.2, 0.25) is 0 Å². The maximum absolute atomic E-state index is 13.8. The molecular weight excluding hydrogens is 434 g/mol. The van der Waals surface area contributed by atoms with Gasteiger partial charge in [0, 0.05) is 37.8 Å². The lowest BCUT2D eigenvalue weighted by Gasteiger charge is -2.44. The van der Waals surface area contributed by atoms with Gasteiger partial charge in [-0.15, -0.1) is 0 Å². The quantitative estimate of drug-likeness (QED) is 0.665. The lowest BCUT2D eigenvalue weighted by molar-refractivity contribution is 0.0746. The number of hydrogen-bond acceptors (Lipinski definition) is 3. The number of nitrogens with zero attached hydrogens (tertiary/aromatic N) is 3. The molecule has 0 aromatic heterocycles. The number of carbonyl (C=O) groups is 1. The molecule has 0 bridgehead atoms. The first-order chi connectivity index (χ1) is 16.7. The fourth-order valence-corrected chi connectivity index (χ4v) is 6.99. The molecule has 2 aromatic rings. The highest BCUT2D eigenvalue weighted by molar-refractivity contribution is 5.83. The Morgan fingerprint density at radius 2 is 1.63 bits per heavy atom. The monoisotopic (exact) mass is 473 g/mol. The number of urea groups is 1. The van der Waals surface area contributed by atoms with Gasteiger partial charge in [0.25, 0.3) is 0 Å². The molecule has 0 unspecified atom stereocenters. The van der Waals surface area contributed by atoms with Crippen LogP contribution in [0.3, 0.4) is 0 Å². The van der Waals surface area contributed by atoms with E-state index in [1.54, 1.807) is 0 Å². The van der Waals surface area contributed by atoms with Crippen LogP contribution in [0.2, 0.25) is 0 Å². The molecule has 0 aliphatic carbocycles. The minimum Gasteiger partial charge on any atom is -0.395 e. The molecule has 1 N–H and O–H groups in total. The smallest absolute Gasteiger partial charge is 0.325 e. The Morgan fingerprint density at radius 1 is 0.971 bits per heavy atom. The number of carbonyl (C=O) groups excluding carboxylic acids is 1. The van der Waals surface area contributed by atoms with E-state index in [1.807, 2.05) is 9.80 Å². The Hall–Kier alpha value is -2.63. The van der Waals surface area contributed by atoms with Crippen LogP contribution in [0, 0.1) is 27.7 Å². The third-order valence-corrected chi connectivity index (χ3v) is 8.25. The largest absolute Gasteiger partial charge is 0.395 e. The molecule has 0 saturated carbocycles. The van der Waals surface area contributed by atoms with Crippen LogP contribution >= 0.6 is 0 Å². The predicted octanol–water partition coefficient (Wildman–Crippen LogP) is 5.19. The van der Waals surface area contributed by atoms with Gasteiger partial charge in [-0.3, -0.25) is 9.80 Å². The summed E-state index contributed by atoms with van der Waals surface area (Å²) in [5, 5.41) is 9.89. The molecule has 5 nitrogen and oxygen atoms in total. The van der Waals surface area contributed by atoms with Crippen LogP contribution in [0.15, 0.2) is 42.1 Å². The average molecular weight is 474 g/mol. The van der Waals surface area contributed by atoms with Crippen molar-refractivity contribution in [3.05, 3.63) is 81.0 Å². The van der Waals surface area contributed by atoms with Crippen LogP contribution in [0.5, 0.6) is 0 Å². The summed E-state index contributed by atoms with van der Waals surface area (Å²) in [6, 6.07) is 11.3. The topological polar surface area (TPSA) is 47.0 Å². The number of fused-ring (bicyclic) bond motifs is 3. The average Bonchev–Trinajstić information content (AvgIpc) is 2.89. The van der Waals surface area contributed by atoms with Crippen LogP contribution in [0.25, 0.3) is 0 Å². The molecular formula is C30H39N3O2. The number of hydrogen-bond donors (Lipinski definition) is 1. The Bertz CT molecular complexity index is 1160. The molecule has 2 saturated heterocycles. The number of allylic oxidation sites excluding steroid dienone is 1. The second-order valence-corrected chi connectivity index (χ2v) is 11.0. The highest BCUT2D eigenvalue weighted by Crippen LogP contribution is 2.47. The minimum atomic E-state index is -0.335. The molecule has 3 aliphatic heterocycles. The summed E-state index contributed by atoms with van der Waals surface area (Å²) in [4.78, 5) is 20.3. The van der Waals surface area contributed by atoms with Gasteiger partial charge in [0.15, 0.2) is 0 Å². The molecule has 3 aliphatic rings. The minimum absolute atomic E-state index is 0.00868. The van der Waals surface area contributed by atoms with Crippen LogP contribution < -0.4 is 0 Å². The number of amides is 2. The van der Waals surface area contributed by atoms with Crippen molar-refractivity contribution < 1.29 is 9.90 Å². The van der Waals surface area contributed by atoms with Gasteiger partial charge >= 0.3 is 6.03 Å². The van der Waals surface area contributed by atoms with Crippen molar-refractivity contribution in [3.8, 4) is 0 Å². The highest BCUT2D eigenvalue weighted by Gasteiger charge is 2.55. The van der Waals surface area contributed by atoms with Crippen molar-refractivity contribution in [2.45, 2.75) is 72.0 Å². The summed E-state index contributed by atoms with van der Waals surface area (Å²) in [5.41, 5.74) is 9.96. The molecule has 2 fully saturated rings. The van der Waals surface area contributed by atoms with E-state index >= 15 is 0 Å². The molecule has 1 atom stereocenters. The fourth-order valence-electron chi connectivity index (χ4n) is 6.99. The van der Waals surface area contributed by atoms with Crippen LogP contribution in [0.1, 0.15) is 64.6 Å². The second kappa shape index (κ2) is 9.11. The molecule has 3 heterocycles. The van der Waals surface area contributed by atoms with Crippen molar-refractivity contribution in [3.63, 3.8) is 0 Å². The Labute approximate surface area is 210 Å². The Balaban J connectivity index is 1.46. The number of aliphatic hydroxyl groups is 1. The van der Waals surface area contributed by atoms with Gasteiger partial charge in [0.1, 0.15) is 0 Å². The first kappa shape index (κ1) is 24.1. The van der Waals surface area contributed by atoms with E-state index in [0.29, 0.717) is 13.1 Å². The Kier molecular flexibility index (Phi) is 6.27. The predicted molar refractivity (Wildman–Crippen MR) is 140 cm³/mol. The maximum Gasteiger partial charge on any atom is 0.325 e. The molecule has 0 radical (unpaired) electrons. The number of β-amino-alcohol motifs (C(OH)–C–C–N with tert-alkyl or cyclic N) is 1. The fraction of sp³-hybridized carbons (Fsp3) is 0.500. The lowest BCUT2D eigenvalue weighted by atomic mass is 9.81. The molecule has 2 aromatic carbocycles. The third-order valence-electron chi connectivity index (χ3n) is 8.25. The molecule has 35 heavy (non-hydrogen) atoms. The molecule has 186 valence electrons. The zero-order valence-electron chi connectivity index (χ0n) is 21.9. The summed E-state index contributed by atoms with van der Waals surface area (Å²) in [7, 11) is 0. The van der Waals surface area contributed by atoms with Crippen molar-refractivity contribution >= 4 is 6.03 Å². The number of aryl methyl sites for hydroxylation is 4. The van der Waals surface area contributed by atoms with E-state index in [0.717, 1.165) is 38.2 Å². The molecule has 5 heteroatoms. The number of rotatable bonds is 4. The standard InChI is InChI=1S/C30H39N3O2/c1-20-12-21(2)15-25(14-20)18-31-8-6-30(7-9-31)27-17-24(5)28-23(4)13-22(3)16-26(28)19-32(27)29(35)33(30)10-11-34/h12-17,24,34H,6-11,18-19H2,1-5H3/t24-/m0/s1. The van der Waals surface area contributed by atoms with Crippen LogP contribution in [-0.2, 0) is 13.1 Å². The summed E-state index contributed by atoms with van der Waals surface area (Å²) >= 11 is 0. The Morgan fingerprint density at radius 3 is 2.29 bits per heavy atom. The number of piperidine rings is 1. The molecule has 2 amide bonds. The van der Waals surface area contributed by atoms with Gasteiger partial charge in [-0.25, -0.2) is 4.79 Å². The van der Waals surface area contributed by atoms with Crippen molar-refractivity contribution in [2.75, 3.05) is 26.2 Å². The SMILES string of the molecule is Cc1cc(C)cc(CN2CCC3(CC2)C2=C[C@H](C)c4c(C)cc(C)cc4CN2C(=O)N3CCO)c1. The number of aliphatic hydroxyl groups excluding tert-OH is 1. The number of likely N-dealkylation sites (tertiary alicyclic amines) is 1. The first-order valence-corrected chi connectivity index (χ1v) is 13.0. The van der Waals surface area contributed by atoms with Gasteiger partial charge in [-0.2, -0.15) is 0 Å². The van der Waals surface area contributed by atoms with Gasteiger partial charge in [0.05, 0.1) is 18.7 Å². The van der Waals surface area contributed by atoms with E-state index in [2.05, 4.69) is 75.9 Å². The second-order valence-electron chi connectivity index (χ2n) is 11.0. The summed E-state index contributed by atoms with van der Waals surface area (Å²) in [5.74, 6) is 0.248. The van der Waals surface area contributed by atoms with E-state index in [-0.39, 0.29) is 24.1 Å². The van der Waals surface area contributed by atoms with E-state index < -0.39 is 0 Å². The van der Waals surface area contributed by atoms with Gasteiger partial charge < -0.3 is 10.0 Å². The third kappa shape index (κ3) is 4.19. The van der Waals surface area contributed by atoms with Crippen LogP contribution in [-0.4, -0.2) is 57.6 Å². The highest BCUT2D eigenvalue weighted by atomic mass is 16.3. The van der Waals surface area contributed by atoms with E-state index in [1.165, 1.54) is 38.9 Å². The zero-order valence-corrected chi connectivity index (χ0v) is 21.9. The molecule has 1 spiro atoms. The van der Waals surface area contributed by atoms with E-state index in [4.69, 9.17) is 0 Å². The maximum atomic E-state index is 13.8. The van der Waals surface area contributed by atoms with Crippen molar-refractivity contribution in [1.29, 1.82) is 0 Å². The first-order valence-electron chi connectivity index (χ1n) is 13.0. The zero-order chi connectivity index (χ0) is 24.9. The summed E-state index contributed by atoms with van der Waals surface area (Å²) in [6.45, 7) is 14.7. The van der Waals surface area contributed by atoms with Gasteiger partial charge in [-0.1, -0.05) is 60.0 Å².